The summed E-state index contributed by atoms with van der Waals surface area (Å²) < 4.78 is 49.1. The predicted molar refractivity (Wildman–Crippen MR) is 114 cm³/mol. The molecule has 32 heavy (non-hydrogen) atoms. The van der Waals surface area contributed by atoms with Crippen molar-refractivity contribution in [1.29, 1.82) is 0 Å². The average molecular weight is 437 g/mol. The minimum absolute atomic E-state index is 0.0582. The zero-order chi connectivity index (χ0) is 22.5. The minimum Gasteiger partial charge on any atom is -0.486 e. The lowest BCUT2D eigenvalue weighted by Crippen LogP contribution is -2.14. The summed E-state index contributed by atoms with van der Waals surface area (Å²) in [6, 6.07) is 11.0. The smallest absolute Gasteiger partial charge is 0.416 e. The van der Waals surface area contributed by atoms with Gasteiger partial charge in [-0.2, -0.15) is 23.4 Å². The number of aromatic nitrogens is 5. The van der Waals surface area contributed by atoms with E-state index in [9.17, 15) is 13.2 Å². The van der Waals surface area contributed by atoms with Crippen LogP contribution in [-0.4, -0.2) is 25.0 Å². The second-order valence-corrected chi connectivity index (χ2v) is 7.54. The third-order valence-electron chi connectivity index (χ3n) is 5.36. The monoisotopic (exact) mass is 437 g/mol. The number of halogens is 3. The van der Waals surface area contributed by atoms with Crippen LogP contribution in [0.3, 0.4) is 0 Å². The number of nitrogens with zero attached hydrogens (tertiary/aromatic N) is 4. The second kappa shape index (κ2) is 7.37. The van der Waals surface area contributed by atoms with E-state index >= 15 is 0 Å². The third kappa shape index (κ3) is 3.45. The highest BCUT2D eigenvalue weighted by molar-refractivity contribution is 5.93. The summed E-state index contributed by atoms with van der Waals surface area (Å²) >= 11 is 0. The van der Waals surface area contributed by atoms with Crippen LogP contribution in [0.15, 0.2) is 61.1 Å². The van der Waals surface area contributed by atoms with Gasteiger partial charge in [-0.25, -0.2) is 0 Å². The van der Waals surface area contributed by atoms with Gasteiger partial charge in [0.1, 0.15) is 17.5 Å². The molecule has 2 aromatic carbocycles. The number of aryl methyl sites for hydroxylation is 1. The molecule has 0 amide bonds. The normalized spacial score (nSPS) is 13.0. The molecule has 0 spiro atoms. The number of hydrogen-bond acceptors (Lipinski definition) is 4. The highest BCUT2D eigenvalue weighted by atomic mass is 19.4. The predicted octanol–water partition coefficient (Wildman–Crippen LogP) is 5.67. The zero-order valence-electron chi connectivity index (χ0n) is 17.2. The first-order chi connectivity index (χ1) is 15.3. The van der Waals surface area contributed by atoms with Crippen molar-refractivity contribution in [2.24, 2.45) is 7.05 Å². The first kappa shape index (κ1) is 20.0. The second-order valence-electron chi connectivity index (χ2n) is 7.54. The maximum absolute atomic E-state index is 13.8. The first-order valence-electron chi connectivity index (χ1n) is 9.90. The number of aromatic amines is 1. The van der Waals surface area contributed by atoms with Gasteiger partial charge in [-0.15, -0.1) is 0 Å². The number of fused-ring (bicyclic) bond motifs is 2. The molecule has 0 radical (unpaired) electrons. The Balaban J connectivity index is 1.57. The summed E-state index contributed by atoms with van der Waals surface area (Å²) in [6.07, 6.45) is -0.295. The Kier molecular flexibility index (Phi) is 4.61. The standard InChI is InChI=1S/C23H18F3N5O/c1-13(21-16-4-3-9-27-19(16)8-6-18(21)23(24,25)26)32-15-5-7-20-17(10-15)22(30-29-20)14-11-28-31(2)12-14/h3-13H,1-2H3,(H,29,30). The summed E-state index contributed by atoms with van der Waals surface area (Å²) in [5, 5.41) is 12.7. The number of hydrogen-bond donors (Lipinski definition) is 1. The van der Waals surface area contributed by atoms with Gasteiger partial charge in [-0.1, -0.05) is 6.07 Å². The van der Waals surface area contributed by atoms with Crippen molar-refractivity contribution in [3.05, 3.63) is 72.2 Å². The summed E-state index contributed by atoms with van der Waals surface area (Å²) in [5.41, 5.74) is 2.11. The van der Waals surface area contributed by atoms with E-state index in [4.69, 9.17) is 4.74 Å². The van der Waals surface area contributed by atoms with Gasteiger partial charge in [0.25, 0.3) is 0 Å². The molecule has 162 valence electrons. The fraction of sp³-hybridized carbons (Fsp3) is 0.174. The molecule has 1 N–H and O–H groups in total. The molecule has 3 aromatic heterocycles. The van der Waals surface area contributed by atoms with Crippen molar-refractivity contribution in [3.63, 3.8) is 0 Å². The fourth-order valence-corrected chi connectivity index (χ4v) is 3.95. The van der Waals surface area contributed by atoms with Crippen molar-refractivity contribution in [2.45, 2.75) is 19.2 Å². The number of rotatable bonds is 4. The van der Waals surface area contributed by atoms with Gasteiger partial charge < -0.3 is 4.74 Å². The van der Waals surface area contributed by atoms with Gasteiger partial charge in [-0.3, -0.25) is 14.8 Å². The number of H-pyrrole nitrogens is 1. The molecule has 1 unspecified atom stereocenters. The van der Waals surface area contributed by atoms with E-state index in [0.717, 1.165) is 22.5 Å². The number of alkyl halides is 3. The molecular weight excluding hydrogens is 419 g/mol. The summed E-state index contributed by atoms with van der Waals surface area (Å²) in [7, 11) is 1.81. The van der Waals surface area contributed by atoms with Crippen LogP contribution in [0.2, 0.25) is 0 Å². The molecule has 0 saturated carbocycles. The lowest BCUT2D eigenvalue weighted by atomic mass is 9.97. The topological polar surface area (TPSA) is 68.6 Å². The van der Waals surface area contributed by atoms with E-state index in [2.05, 4.69) is 20.3 Å². The Morgan fingerprint density at radius 1 is 1.09 bits per heavy atom. The molecular formula is C23H18F3N5O. The number of pyridine rings is 1. The molecule has 0 aliphatic rings. The van der Waals surface area contributed by atoms with E-state index in [1.54, 1.807) is 54.3 Å². The number of nitrogens with one attached hydrogen (secondary N) is 1. The highest BCUT2D eigenvalue weighted by Gasteiger charge is 2.36. The molecule has 0 bridgehead atoms. The largest absolute Gasteiger partial charge is 0.486 e. The van der Waals surface area contributed by atoms with Gasteiger partial charge in [-0.05, 0) is 43.3 Å². The van der Waals surface area contributed by atoms with Gasteiger partial charge >= 0.3 is 6.18 Å². The van der Waals surface area contributed by atoms with Crippen LogP contribution in [0.5, 0.6) is 5.75 Å². The van der Waals surface area contributed by atoms with Crippen LogP contribution < -0.4 is 4.74 Å². The molecule has 0 fully saturated rings. The quantitative estimate of drug-likeness (QED) is 0.393. The highest BCUT2D eigenvalue weighted by Crippen LogP contribution is 2.40. The Bertz CT molecular complexity index is 1440. The molecule has 9 heteroatoms. The van der Waals surface area contributed by atoms with Crippen molar-refractivity contribution in [3.8, 4) is 17.0 Å². The summed E-state index contributed by atoms with van der Waals surface area (Å²) in [5.74, 6) is 0.436. The van der Waals surface area contributed by atoms with Crippen molar-refractivity contribution >= 4 is 21.8 Å². The van der Waals surface area contributed by atoms with Crippen molar-refractivity contribution < 1.29 is 17.9 Å². The van der Waals surface area contributed by atoms with Crippen molar-refractivity contribution in [2.75, 3.05) is 0 Å². The molecule has 0 aliphatic carbocycles. The van der Waals surface area contributed by atoms with Crippen LogP contribution in [0.1, 0.15) is 24.2 Å². The Hall–Kier alpha value is -3.88. The first-order valence-corrected chi connectivity index (χ1v) is 9.90. The SMILES string of the molecule is CC(Oc1ccc2[nH]nc(-c3cnn(C)c3)c2c1)c1c(C(F)(F)F)ccc2ncccc12. The Morgan fingerprint density at radius 2 is 1.94 bits per heavy atom. The Labute approximate surface area is 180 Å². The van der Waals surface area contributed by atoms with Crippen molar-refractivity contribution in [1.82, 2.24) is 25.0 Å². The van der Waals surface area contributed by atoms with Crippen LogP contribution in [0.25, 0.3) is 33.1 Å². The van der Waals surface area contributed by atoms with Gasteiger partial charge in [0.2, 0.25) is 0 Å². The van der Waals surface area contributed by atoms with Crippen LogP contribution >= 0.6 is 0 Å². The molecule has 0 saturated heterocycles. The maximum Gasteiger partial charge on any atom is 0.416 e. The van der Waals surface area contributed by atoms with E-state index < -0.39 is 17.8 Å². The lowest BCUT2D eigenvalue weighted by molar-refractivity contribution is -0.138. The van der Waals surface area contributed by atoms with Crippen LogP contribution in [0.4, 0.5) is 13.2 Å². The number of benzene rings is 2. The van der Waals surface area contributed by atoms with E-state index in [-0.39, 0.29) is 5.56 Å². The third-order valence-corrected chi connectivity index (χ3v) is 5.36. The molecule has 5 rings (SSSR count). The van der Waals surface area contributed by atoms with E-state index in [0.29, 0.717) is 22.3 Å². The minimum atomic E-state index is -4.51. The van der Waals surface area contributed by atoms with Crippen LogP contribution in [-0.2, 0) is 13.2 Å². The Morgan fingerprint density at radius 3 is 2.69 bits per heavy atom. The maximum atomic E-state index is 13.8. The van der Waals surface area contributed by atoms with Crippen LogP contribution in [0, 0.1) is 0 Å². The molecule has 0 aliphatic heterocycles. The average Bonchev–Trinajstić information content (AvgIpc) is 3.37. The molecule has 6 nitrogen and oxygen atoms in total. The van der Waals surface area contributed by atoms with E-state index in [1.807, 2.05) is 13.2 Å². The fourth-order valence-electron chi connectivity index (χ4n) is 3.95. The lowest BCUT2D eigenvalue weighted by Gasteiger charge is -2.21. The molecule has 3 heterocycles. The summed E-state index contributed by atoms with van der Waals surface area (Å²) in [6.45, 7) is 1.61. The molecule has 5 aromatic rings. The van der Waals surface area contributed by atoms with E-state index in [1.165, 1.54) is 6.07 Å². The van der Waals surface area contributed by atoms with Gasteiger partial charge in [0, 0.05) is 41.3 Å². The number of ether oxygens (including phenoxy) is 1. The molecule has 1 atom stereocenters. The zero-order valence-corrected chi connectivity index (χ0v) is 17.2. The van der Waals surface area contributed by atoms with Gasteiger partial charge in [0.05, 0.1) is 22.8 Å². The summed E-state index contributed by atoms with van der Waals surface area (Å²) in [4.78, 5) is 4.19. The van der Waals surface area contributed by atoms with Gasteiger partial charge in [0.15, 0.2) is 0 Å².